The number of likely N-dealkylation sites (N-methyl/N-ethyl adjacent to an activating group) is 1. The summed E-state index contributed by atoms with van der Waals surface area (Å²) in [6.07, 6.45) is 1.99. The van der Waals surface area contributed by atoms with Crippen molar-refractivity contribution >= 4 is 27.5 Å². The van der Waals surface area contributed by atoms with Gasteiger partial charge in [0.2, 0.25) is 15.9 Å². The quantitative estimate of drug-likeness (QED) is 0.565. The average molecular weight is 491 g/mol. The van der Waals surface area contributed by atoms with E-state index in [0.717, 1.165) is 30.5 Å². The third-order valence-corrected chi connectivity index (χ3v) is 6.33. The zero-order valence-electron chi connectivity index (χ0n) is 20.6. The van der Waals surface area contributed by atoms with Gasteiger partial charge in [0.1, 0.15) is 11.9 Å². The summed E-state index contributed by atoms with van der Waals surface area (Å²) in [5.74, 6) is -0.0322. The zero-order chi connectivity index (χ0) is 25.3. The van der Waals surface area contributed by atoms with Crippen LogP contribution in [-0.2, 0) is 27.9 Å². The van der Waals surface area contributed by atoms with E-state index in [4.69, 9.17) is 4.98 Å². The number of rotatable bonds is 6. The van der Waals surface area contributed by atoms with Crippen molar-refractivity contribution < 1.29 is 18.0 Å². The van der Waals surface area contributed by atoms with Crippen LogP contribution in [0, 0.1) is 5.41 Å². The smallest absolute Gasteiger partial charge is 0.272 e. The Labute approximate surface area is 201 Å². The van der Waals surface area contributed by atoms with Gasteiger partial charge in [-0.05, 0) is 49.7 Å². The van der Waals surface area contributed by atoms with Crippen LogP contribution < -0.4 is 15.4 Å². The van der Waals surface area contributed by atoms with Gasteiger partial charge in [0.05, 0.1) is 11.9 Å². The Morgan fingerprint density at radius 1 is 1.12 bits per heavy atom. The molecule has 0 spiro atoms. The maximum absolute atomic E-state index is 13.4. The SMILES string of the molecule is CNC(=O)[C@@H](NC(=O)c1nc(-c2ccc(NS(C)(=O)=O)cc2)n2c1CN(C)CCC2)C(C)(C)C. The Hall–Kier alpha value is -2.92. The summed E-state index contributed by atoms with van der Waals surface area (Å²) in [4.78, 5) is 32.7. The van der Waals surface area contributed by atoms with Gasteiger partial charge in [-0.1, -0.05) is 20.8 Å². The van der Waals surface area contributed by atoms with Gasteiger partial charge in [0.15, 0.2) is 5.69 Å². The number of nitrogens with zero attached hydrogens (tertiary/aromatic N) is 3. The lowest BCUT2D eigenvalue weighted by Gasteiger charge is -2.29. The number of nitrogens with one attached hydrogen (secondary N) is 3. The second-order valence-corrected chi connectivity index (χ2v) is 11.6. The molecule has 3 rings (SSSR count). The van der Waals surface area contributed by atoms with Crippen molar-refractivity contribution in [3.8, 4) is 11.4 Å². The largest absolute Gasteiger partial charge is 0.357 e. The predicted octanol–water partition coefficient (Wildman–Crippen LogP) is 1.65. The van der Waals surface area contributed by atoms with Crippen LogP contribution in [0.5, 0.6) is 0 Å². The van der Waals surface area contributed by atoms with Crippen LogP contribution in [0.2, 0.25) is 0 Å². The first kappa shape index (κ1) is 25.7. The van der Waals surface area contributed by atoms with Crippen LogP contribution in [-0.4, -0.2) is 67.6 Å². The predicted molar refractivity (Wildman–Crippen MR) is 132 cm³/mol. The molecule has 0 unspecified atom stereocenters. The Morgan fingerprint density at radius 3 is 2.32 bits per heavy atom. The second-order valence-electron chi connectivity index (χ2n) is 9.81. The molecule has 1 aliphatic heterocycles. The van der Waals surface area contributed by atoms with Crippen molar-refractivity contribution in [1.82, 2.24) is 25.1 Å². The van der Waals surface area contributed by atoms with Crippen LogP contribution in [0.4, 0.5) is 5.69 Å². The van der Waals surface area contributed by atoms with E-state index in [-0.39, 0.29) is 5.91 Å². The molecule has 11 heteroatoms. The molecule has 1 aromatic heterocycles. The van der Waals surface area contributed by atoms with Gasteiger partial charge in [-0.3, -0.25) is 14.3 Å². The number of benzene rings is 1. The highest BCUT2D eigenvalue weighted by molar-refractivity contribution is 7.92. The van der Waals surface area contributed by atoms with E-state index in [9.17, 15) is 18.0 Å². The number of fused-ring (bicyclic) bond motifs is 1. The molecule has 0 aliphatic carbocycles. The van der Waals surface area contributed by atoms with Crippen LogP contribution in [0.3, 0.4) is 0 Å². The molecule has 0 bridgehead atoms. The molecule has 0 fully saturated rings. The minimum atomic E-state index is -3.38. The van der Waals surface area contributed by atoms with Gasteiger partial charge in [-0.25, -0.2) is 13.4 Å². The molecule has 34 heavy (non-hydrogen) atoms. The van der Waals surface area contributed by atoms with Gasteiger partial charge < -0.3 is 20.1 Å². The average Bonchev–Trinajstić information content (AvgIpc) is 2.96. The van der Waals surface area contributed by atoms with Gasteiger partial charge >= 0.3 is 0 Å². The molecule has 1 atom stereocenters. The minimum absolute atomic E-state index is 0.266. The number of carbonyl (C=O) groups excluding carboxylic acids is 2. The van der Waals surface area contributed by atoms with Crippen molar-refractivity contribution in [2.24, 2.45) is 5.41 Å². The first-order valence-electron chi connectivity index (χ1n) is 11.2. The molecular weight excluding hydrogens is 456 g/mol. The summed E-state index contributed by atoms with van der Waals surface area (Å²) < 4.78 is 27.5. The summed E-state index contributed by atoms with van der Waals surface area (Å²) >= 11 is 0. The minimum Gasteiger partial charge on any atom is -0.357 e. The monoisotopic (exact) mass is 490 g/mol. The molecule has 0 saturated heterocycles. The molecule has 0 saturated carbocycles. The van der Waals surface area contributed by atoms with E-state index in [1.54, 1.807) is 31.3 Å². The number of amides is 2. The fourth-order valence-electron chi connectivity index (χ4n) is 4.04. The molecule has 0 radical (unpaired) electrons. The molecule has 186 valence electrons. The van der Waals surface area contributed by atoms with E-state index < -0.39 is 27.4 Å². The molecule has 2 amide bonds. The van der Waals surface area contributed by atoms with Crippen LogP contribution >= 0.6 is 0 Å². The fraction of sp³-hybridized carbons (Fsp3) is 0.522. The maximum atomic E-state index is 13.4. The van der Waals surface area contributed by atoms with Gasteiger partial charge in [0, 0.05) is 31.4 Å². The van der Waals surface area contributed by atoms with Crippen molar-refractivity contribution in [2.75, 3.05) is 31.6 Å². The van der Waals surface area contributed by atoms with Crippen LogP contribution in [0.15, 0.2) is 24.3 Å². The number of carbonyl (C=O) groups is 2. The van der Waals surface area contributed by atoms with Crippen molar-refractivity contribution in [3.63, 3.8) is 0 Å². The summed E-state index contributed by atoms with van der Waals surface area (Å²) in [5, 5.41) is 5.51. The third-order valence-electron chi connectivity index (χ3n) is 5.73. The van der Waals surface area contributed by atoms with Gasteiger partial charge in [-0.2, -0.15) is 0 Å². The third kappa shape index (κ3) is 5.95. The Morgan fingerprint density at radius 2 is 1.76 bits per heavy atom. The van der Waals surface area contributed by atoms with Gasteiger partial charge in [-0.15, -0.1) is 0 Å². The number of hydrogen-bond acceptors (Lipinski definition) is 6. The summed E-state index contributed by atoms with van der Waals surface area (Å²) in [7, 11) is 0.163. The molecule has 1 aliphatic rings. The Bertz CT molecular complexity index is 1170. The first-order valence-corrected chi connectivity index (χ1v) is 13.1. The lowest BCUT2D eigenvalue weighted by molar-refractivity contribution is -0.124. The topological polar surface area (TPSA) is 125 Å². The molecule has 2 aromatic rings. The first-order chi connectivity index (χ1) is 15.8. The number of sulfonamides is 1. The molecular formula is C23H34N6O4S. The van der Waals surface area contributed by atoms with Crippen molar-refractivity contribution in [2.45, 2.75) is 46.3 Å². The Kier molecular flexibility index (Phi) is 7.37. The fourth-order valence-corrected chi connectivity index (χ4v) is 4.61. The molecule has 10 nitrogen and oxygen atoms in total. The Balaban J connectivity index is 2.02. The summed E-state index contributed by atoms with van der Waals surface area (Å²) in [6.45, 7) is 7.80. The normalized spacial score (nSPS) is 15.7. The second kappa shape index (κ2) is 9.75. The van der Waals surface area contributed by atoms with Gasteiger partial charge in [0.25, 0.3) is 5.91 Å². The van der Waals surface area contributed by atoms with Crippen LogP contribution in [0.1, 0.15) is 43.4 Å². The van der Waals surface area contributed by atoms with E-state index >= 15 is 0 Å². The molecule has 1 aromatic carbocycles. The lowest BCUT2D eigenvalue weighted by atomic mass is 9.86. The highest BCUT2D eigenvalue weighted by Crippen LogP contribution is 2.28. The lowest BCUT2D eigenvalue weighted by Crippen LogP contribution is -2.53. The van der Waals surface area contributed by atoms with E-state index in [1.807, 2.05) is 32.4 Å². The maximum Gasteiger partial charge on any atom is 0.272 e. The van der Waals surface area contributed by atoms with E-state index in [0.29, 0.717) is 30.3 Å². The van der Waals surface area contributed by atoms with Crippen LogP contribution in [0.25, 0.3) is 11.4 Å². The number of hydrogen-bond donors (Lipinski definition) is 3. The molecule has 2 heterocycles. The highest BCUT2D eigenvalue weighted by Gasteiger charge is 2.34. The standard InChI is InChI=1S/C23H34N6O4S/c1-23(2,3)19(22(31)24-4)26-21(30)18-17-14-28(5)12-7-13-29(17)20(25-18)15-8-10-16(11-9-15)27-34(6,32)33/h8-11,19,27H,7,12-14H2,1-6H3,(H,24,31)(H,26,30)/t19-/m1/s1. The molecule has 3 N–H and O–H groups in total. The summed E-state index contributed by atoms with van der Waals surface area (Å²) in [6, 6.07) is 6.17. The number of anilines is 1. The number of imidazole rings is 1. The zero-order valence-corrected chi connectivity index (χ0v) is 21.4. The number of aromatic nitrogens is 2. The van der Waals surface area contributed by atoms with Crippen molar-refractivity contribution in [1.29, 1.82) is 0 Å². The van der Waals surface area contributed by atoms with Crippen molar-refractivity contribution in [3.05, 3.63) is 35.7 Å². The van der Waals surface area contributed by atoms with E-state index in [2.05, 4.69) is 20.3 Å². The summed E-state index contributed by atoms with van der Waals surface area (Å²) in [5.41, 5.74) is 1.80. The highest BCUT2D eigenvalue weighted by atomic mass is 32.2. The van der Waals surface area contributed by atoms with E-state index in [1.165, 1.54) is 0 Å².